The Bertz CT molecular complexity index is 325. The Hall–Kier alpha value is -0.860. The summed E-state index contributed by atoms with van der Waals surface area (Å²) in [7, 11) is 0. The van der Waals surface area contributed by atoms with Gasteiger partial charge in [0.25, 0.3) is 0 Å². The summed E-state index contributed by atoms with van der Waals surface area (Å²) in [6.45, 7) is 3.80. The topological polar surface area (TPSA) is 29.1 Å². The maximum Gasteiger partial charge on any atom is 0.164 e. The zero-order valence-electron chi connectivity index (χ0n) is 8.92. The second-order valence-electron chi connectivity index (χ2n) is 3.43. The van der Waals surface area contributed by atoms with Crippen LogP contribution in [0.4, 0.5) is 0 Å². The van der Waals surface area contributed by atoms with Crippen LogP contribution in [0.1, 0.15) is 30.1 Å². The van der Waals surface area contributed by atoms with Crippen LogP contribution in [0.25, 0.3) is 0 Å². The summed E-state index contributed by atoms with van der Waals surface area (Å²) >= 11 is 5.80. The van der Waals surface area contributed by atoms with E-state index in [9.17, 15) is 4.79 Å². The molecule has 0 heterocycles. The molecule has 1 aromatic carbocycles. The highest BCUT2D eigenvalue weighted by Crippen LogP contribution is 2.11. The van der Waals surface area contributed by atoms with Crippen molar-refractivity contribution < 1.29 is 4.79 Å². The number of ketones is 1. The first-order chi connectivity index (χ1) is 7.24. The standard InChI is InChI=1S/C12H16ClNO/c1-2-7-14-8-6-12(15)10-4-3-5-11(13)9-10/h3-5,9,14H,2,6-8H2,1H3. The quantitative estimate of drug-likeness (QED) is 0.596. The smallest absolute Gasteiger partial charge is 0.164 e. The molecule has 2 nitrogen and oxygen atoms in total. The highest BCUT2D eigenvalue weighted by Gasteiger charge is 2.04. The third kappa shape index (κ3) is 4.45. The van der Waals surface area contributed by atoms with Gasteiger partial charge in [-0.2, -0.15) is 0 Å². The highest BCUT2D eigenvalue weighted by molar-refractivity contribution is 6.31. The summed E-state index contributed by atoms with van der Waals surface area (Å²) in [5, 5.41) is 3.81. The first kappa shape index (κ1) is 12.2. The molecule has 0 unspecified atom stereocenters. The SMILES string of the molecule is CCCNCCC(=O)c1cccc(Cl)c1. The van der Waals surface area contributed by atoms with Gasteiger partial charge in [0.1, 0.15) is 0 Å². The van der Waals surface area contributed by atoms with E-state index in [2.05, 4.69) is 12.2 Å². The molecule has 1 aromatic rings. The third-order valence-electron chi connectivity index (χ3n) is 2.10. The lowest BCUT2D eigenvalue weighted by Gasteiger charge is -2.03. The van der Waals surface area contributed by atoms with Gasteiger partial charge >= 0.3 is 0 Å². The molecule has 1 rings (SSSR count). The van der Waals surface area contributed by atoms with E-state index < -0.39 is 0 Å². The van der Waals surface area contributed by atoms with Crippen LogP contribution in [0.3, 0.4) is 0 Å². The van der Waals surface area contributed by atoms with E-state index in [1.165, 1.54) is 0 Å². The Kier molecular flexibility index (Phi) is 5.37. The summed E-state index contributed by atoms with van der Waals surface area (Å²) in [6, 6.07) is 7.08. The van der Waals surface area contributed by atoms with Crippen LogP contribution >= 0.6 is 11.6 Å². The molecule has 0 aliphatic heterocycles. The van der Waals surface area contributed by atoms with E-state index in [1.807, 2.05) is 0 Å². The van der Waals surface area contributed by atoms with Crippen molar-refractivity contribution in [2.24, 2.45) is 0 Å². The molecule has 15 heavy (non-hydrogen) atoms. The molecule has 0 aliphatic carbocycles. The lowest BCUT2D eigenvalue weighted by molar-refractivity contribution is 0.0982. The molecular weight excluding hydrogens is 210 g/mol. The normalized spacial score (nSPS) is 10.3. The number of hydrogen-bond acceptors (Lipinski definition) is 2. The first-order valence-electron chi connectivity index (χ1n) is 5.23. The zero-order valence-corrected chi connectivity index (χ0v) is 9.68. The van der Waals surface area contributed by atoms with Crippen molar-refractivity contribution in [3.8, 4) is 0 Å². The van der Waals surface area contributed by atoms with Gasteiger partial charge < -0.3 is 5.32 Å². The highest BCUT2D eigenvalue weighted by atomic mass is 35.5. The number of hydrogen-bond donors (Lipinski definition) is 1. The predicted octanol–water partition coefficient (Wildman–Crippen LogP) is 2.91. The molecule has 0 amide bonds. The van der Waals surface area contributed by atoms with E-state index >= 15 is 0 Å². The van der Waals surface area contributed by atoms with Gasteiger partial charge in [0, 0.05) is 23.6 Å². The minimum Gasteiger partial charge on any atom is -0.316 e. The molecule has 0 saturated heterocycles. The Morgan fingerprint density at radius 3 is 2.87 bits per heavy atom. The fraction of sp³-hybridized carbons (Fsp3) is 0.417. The van der Waals surface area contributed by atoms with Crippen molar-refractivity contribution >= 4 is 17.4 Å². The molecule has 0 fully saturated rings. The van der Waals surface area contributed by atoms with Crippen LogP contribution in [0.2, 0.25) is 5.02 Å². The van der Waals surface area contributed by atoms with Gasteiger partial charge in [-0.15, -0.1) is 0 Å². The number of carbonyl (C=O) groups excluding carboxylic acids is 1. The lowest BCUT2D eigenvalue weighted by Crippen LogP contribution is -2.18. The summed E-state index contributed by atoms with van der Waals surface area (Å²) in [5.41, 5.74) is 0.695. The molecule has 82 valence electrons. The fourth-order valence-electron chi connectivity index (χ4n) is 1.31. The Morgan fingerprint density at radius 2 is 2.20 bits per heavy atom. The average molecular weight is 226 g/mol. The van der Waals surface area contributed by atoms with Crippen molar-refractivity contribution in [1.82, 2.24) is 5.32 Å². The monoisotopic (exact) mass is 225 g/mol. The van der Waals surface area contributed by atoms with Crippen LogP contribution in [0.5, 0.6) is 0 Å². The van der Waals surface area contributed by atoms with E-state index in [-0.39, 0.29) is 5.78 Å². The molecule has 0 bridgehead atoms. The molecule has 0 atom stereocenters. The number of benzene rings is 1. The fourth-order valence-corrected chi connectivity index (χ4v) is 1.50. The van der Waals surface area contributed by atoms with Gasteiger partial charge in [0.05, 0.1) is 0 Å². The van der Waals surface area contributed by atoms with Crippen LogP contribution in [-0.2, 0) is 0 Å². The summed E-state index contributed by atoms with van der Waals surface area (Å²) in [4.78, 5) is 11.7. The molecular formula is C12H16ClNO. The van der Waals surface area contributed by atoms with Gasteiger partial charge in [0.15, 0.2) is 5.78 Å². The van der Waals surface area contributed by atoms with Crippen LogP contribution < -0.4 is 5.32 Å². The molecule has 0 saturated carbocycles. The first-order valence-corrected chi connectivity index (χ1v) is 5.61. The van der Waals surface area contributed by atoms with Gasteiger partial charge in [-0.1, -0.05) is 30.7 Å². The number of carbonyl (C=O) groups is 1. The lowest BCUT2D eigenvalue weighted by atomic mass is 10.1. The molecule has 0 radical (unpaired) electrons. The maximum absolute atomic E-state index is 11.7. The van der Waals surface area contributed by atoms with Crippen molar-refractivity contribution in [2.45, 2.75) is 19.8 Å². The number of halogens is 1. The maximum atomic E-state index is 11.7. The summed E-state index contributed by atoms with van der Waals surface area (Å²) < 4.78 is 0. The molecule has 0 aliphatic rings. The van der Waals surface area contributed by atoms with Crippen LogP contribution in [-0.4, -0.2) is 18.9 Å². The second kappa shape index (κ2) is 6.59. The second-order valence-corrected chi connectivity index (χ2v) is 3.87. The van der Waals surface area contributed by atoms with Crippen LogP contribution in [0.15, 0.2) is 24.3 Å². The van der Waals surface area contributed by atoms with Crippen molar-refractivity contribution in [3.63, 3.8) is 0 Å². The minimum atomic E-state index is 0.140. The van der Waals surface area contributed by atoms with Crippen molar-refractivity contribution in [3.05, 3.63) is 34.9 Å². The number of Topliss-reactive ketones (excluding diaryl/α,β-unsaturated/α-hetero) is 1. The Morgan fingerprint density at radius 1 is 1.40 bits per heavy atom. The molecule has 0 aromatic heterocycles. The van der Waals surface area contributed by atoms with Crippen LogP contribution in [0, 0.1) is 0 Å². The van der Waals surface area contributed by atoms with Gasteiger partial charge in [-0.25, -0.2) is 0 Å². The number of rotatable bonds is 6. The van der Waals surface area contributed by atoms with Gasteiger partial charge in [0.2, 0.25) is 0 Å². The summed E-state index contributed by atoms with van der Waals surface area (Å²) in [5.74, 6) is 0.140. The van der Waals surface area contributed by atoms with E-state index in [1.54, 1.807) is 24.3 Å². The summed E-state index contributed by atoms with van der Waals surface area (Å²) in [6.07, 6.45) is 1.62. The zero-order chi connectivity index (χ0) is 11.1. The third-order valence-corrected chi connectivity index (χ3v) is 2.34. The molecule has 0 spiro atoms. The van der Waals surface area contributed by atoms with Gasteiger partial charge in [-0.3, -0.25) is 4.79 Å². The molecule has 3 heteroatoms. The minimum absolute atomic E-state index is 0.140. The number of nitrogens with one attached hydrogen (secondary N) is 1. The predicted molar refractivity (Wildman–Crippen MR) is 63.6 cm³/mol. The largest absolute Gasteiger partial charge is 0.316 e. The van der Waals surface area contributed by atoms with E-state index in [0.717, 1.165) is 19.5 Å². The Balaban J connectivity index is 2.40. The van der Waals surface area contributed by atoms with E-state index in [4.69, 9.17) is 11.6 Å². The van der Waals surface area contributed by atoms with Crippen molar-refractivity contribution in [1.29, 1.82) is 0 Å². The van der Waals surface area contributed by atoms with E-state index in [0.29, 0.717) is 17.0 Å². The van der Waals surface area contributed by atoms with Crippen molar-refractivity contribution in [2.75, 3.05) is 13.1 Å². The molecule has 1 N–H and O–H groups in total. The average Bonchev–Trinajstić information content (AvgIpc) is 2.24. The Labute approximate surface area is 95.6 Å². The van der Waals surface area contributed by atoms with Gasteiger partial charge in [-0.05, 0) is 25.1 Å².